The van der Waals surface area contributed by atoms with Crippen LogP contribution in [0, 0.1) is 0 Å². The number of methoxy groups -OCH3 is 1. The van der Waals surface area contributed by atoms with Gasteiger partial charge in [0.1, 0.15) is 18.2 Å². The molecule has 0 amide bonds. The lowest BCUT2D eigenvalue weighted by atomic mass is 10.2. The summed E-state index contributed by atoms with van der Waals surface area (Å²) < 4.78 is 38.9. The second-order valence-corrected chi connectivity index (χ2v) is 10.8. The first-order chi connectivity index (χ1) is 16.8. The van der Waals surface area contributed by atoms with Crippen LogP contribution in [-0.4, -0.2) is 93.0 Å². The first kappa shape index (κ1) is 25.3. The van der Waals surface area contributed by atoms with Crippen LogP contribution in [0.4, 0.5) is 0 Å². The number of fused-ring (bicyclic) bond motifs is 1. The lowest BCUT2D eigenvalue weighted by Crippen LogP contribution is -2.49. The number of rotatable bonds is 9. The monoisotopic (exact) mass is 499 g/mol. The molecule has 1 saturated heterocycles. The van der Waals surface area contributed by atoms with Gasteiger partial charge in [-0.15, -0.1) is 0 Å². The fourth-order valence-electron chi connectivity index (χ4n) is 4.08. The molecule has 1 atom stereocenters. The first-order valence-corrected chi connectivity index (χ1v) is 13.2. The van der Waals surface area contributed by atoms with E-state index in [0.717, 1.165) is 17.4 Å². The van der Waals surface area contributed by atoms with Gasteiger partial charge >= 0.3 is 0 Å². The van der Waals surface area contributed by atoms with Gasteiger partial charge in [-0.2, -0.15) is 9.29 Å². The van der Waals surface area contributed by atoms with Crippen LogP contribution in [0.3, 0.4) is 0 Å². The number of nitrogens with zero attached hydrogens (tertiary/aromatic N) is 5. The largest absolute Gasteiger partial charge is 0.497 e. The number of ether oxygens (including phenoxy) is 2. The maximum atomic E-state index is 13.1. The Morgan fingerprint density at radius 1 is 1.00 bits per heavy atom. The van der Waals surface area contributed by atoms with Crippen molar-refractivity contribution >= 4 is 20.9 Å². The van der Waals surface area contributed by atoms with Crippen LogP contribution in [0.15, 0.2) is 53.4 Å². The molecule has 1 aromatic heterocycles. The van der Waals surface area contributed by atoms with E-state index in [9.17, 15) is 8.42 Å². The van der Waals surface area contributed by atoms with Gasteiger partial charge in [0, 0.05) is 32.7 Å². The van der Waals surface area contributed by atoms with Crippen LogP contribution >= 0.6 is 0 Å². The summed E-state index contributed by atoms with van der Waals surface area (Å²) in [6.07, 6.45) is 0. The number of hydrogen-bond acceptors (Lipinski definition) is 8. The van der Waals surface area contributed by atoms with Crippen LogP contribution in [0.5, 0.6) is 11.6 Å². The summed E-state index contributed by atoms with van der Waals surface area (Å²) in [4.78, 5) is 14.1. The van der Waals surface area contributed by atoms with Gasteiger partial charge in [0.15, 0.2) is 0 Å². The van der Waals surface area contributed by atoms with E-state index in [4.69, 9.17) is 19.4 Å². The highest BCUT2D eigenvalue weighted by atomic mass is 32.2. The Hall–Kier alpha value is -2.79. The molecule has 2 aromatic carbocycles. The summed E-state index contributed by atoms with van der Waals surface area (Å²) >= 11 is 0. The molecular formula is C25H33N5O4S. The summed E-state index contributed by atoms with van der Waals surface area (Å²) in [5, 5.41) is 0.887. The van der Waals surface area contributed by atoms with Crippen LogP contribution in [0.25, 0.3) is 10.9 Å². The third-order valence-electron chi connectivity index (χ3n) is 6.25. The summed E-state index contributed by atoms with van der Waals surface area (Å²) in [6, 6.07) is 14.3. The fraction of sp³-hybridized carbons (Fsp3) is 0.440. The number of aromatic nitrogens is 2. The predicted octanol–water partition coefficient (Wildman–Crippen LogP) is 2.65. The van der Waals surface area contributed by atoms with Crippen molar-refractivity contribution < 1.29 is 17.9 Å². The molecule has 0 spiro atoms. The van der Waals surface area contributed by atoms with Crippen molar-refractivity contribution in [1.82, 2.24) is 24.1 Å². The molecule has 1 aliphatic rings. The number of para-hydroxylation sites is 1. The van der Waals surface area contributed by atoms with Crippen LogP contribution in [0.1, 0.15) is 18.8 Å². The zero-order valence-corrected chi connectivity index (χ0v) is 21.5. The Morgan fingerprint density at radius 2 is 1.69 bits per heavy atom. The van der Waals surface area contributed by atoms with Crippen molar-refractivity contribution in [2.75, 3.05) is 60.5 Å². The number of piperazine rings is 1. The van der Waals surface area contributed by atoms with Gasteiger partial charge in [0.05, 0.1) is 29.0 Å². The maximum absolute atomic E-state index is 13.1. The van der Waals surface area contributed by atoms with E-state index in [-0.39, 0.29) is 10.9 Å². The van der Waals surface area contributed by atoms with Crippen LogP contribution < -0.4 is 9.47 Å². The van der Waals surface area contributed by atoms with Crippen molar-refractivity contribution in [3.8, 4) is 11.6 Å². The molecule has 1 aliphatic heterocycles. The Labute approximate surface area is 207 Å². The van der Waals surface area contributed by atoms with Gasteiger partial charge in [-0.1, -0.05) is 12.1 Å². The van der Waals surface area contributed by atoms with E-state index in [1.807, 2.05) is 38.4 Å². The zero-order chi connectivity index (χ0) is 25.0. The predicted molar refractivity (Wildman–Crippen MR) is 135 cm³/mol. The van der Waals surface area contributed by atoms with E-state index >= 15 is 0 Å². The van der Waals surface area contributed by atoms with Crippen molar-refractivity contribution in [2.45, 2.75) is 17.9 Å². The van der Waals surface area contributed by atoms with Gasteiger partial charge in [-0.25, -0.2) is 13.4 Å². The number of hydrogen-bond donors (Lipinski definition) is 0. The third-order valence-corrected chi connectivity index (χ3v) is 8.17. The minimum atomic E-state index is -3.56. The Bertz CT molecular complexity index is 1240. The second-order valence-electron chi connectivity index (χ2n) is 8.85. The molecule has 0 radical (unpaired) electrons. The van der Waals surface area contributed by atoms with Gasteiger partial charge in [-0.05, 0) is 57.4 Å². The molecule has 3 aromatic rings. The molecule has 10 heteroatoms. The van der Waals surface area contributed by atoms with Gasteiger partial charge < -0.3 is 14.4 Å². The molecule has 4 rings (SSSR count). The summed E-state index contributed by atoms with van der Waals surface area (Å²) in [6.45, 7) is 5.35. The van der Waals surface area contributed by atoms with Crippen molar-refractivity contribution in [3.63, 3.8) is 0 Å². The molecule has 0 aliphatic carbocycles. The Morgan fingerprint density at radius 3 is 2.34 bits per heavy atom. The van der Waals surface area contributed by atoms with E-state index < -0.39 is 10.0 Å². The minimum absolute atomic E-state index is 0.0818. The lowest BCUT2D eigenvalue weighted by Gasteiger charge is -2.36. The quantitative estimate of drug-likeness (QED) is 0.444. The van der Waals surface area contributed by atoms with E-state index in [1.165, 1.54) is 4.31 Å². The van der Waals surface area contributed by atoms with E-state index in [1.54, 1.807) is 31.4 Å². The minimum Gasteiger partial charge on any atom is -0.497 e. The molecule has 2 heterocycles. The SMILES string of the molecule is COc1ccc(S(=O)(=O)N2CCN(C(C)c3nc(OCCN(C)C)c4ccccc4n3)CC2)cc1. The number of likely N-dealkylation sites (N-methyl/N-ethyl adjacent to an activating group) is 1. The molecule has 0 N–H and O–H groups in total. The lowest BCUT2D eigenvalue weighted by molar-refractivity contribution is 0.140. The van der Waals surface area contributed by atoms with Gasteiger partial charge in [0.2, 0.25) is 15.9 Å². The highest BCUT2D eigenvalue weighted by Gasteiger charge is 2.31. The molecule has 1 fully saturated rings. The first-order valence-electron chi connectivity index (χ1n) is 11.7. The van der Waals surface area contributed by atoms with E-state index in [2.05, 4.69) is 16.7 Å². The highest BCUT2D eigenvalue weighted by Crippen LogP contribution is 2.28. The second kappa shape index (κ2) is 10.9. The smallest absolute Gasteiger partial charge is 0.243 e. The molecule has 0 bridgehead atoms. The summed E-state index contributed by atoms with van der Waals surface area (Å²) in [5.41, 5.74) is 0.838. The number of sulfonamides is 1. The third kappa shape index (κ3) is 5.72. The Kier molecular flexibility index (Phi) is 7.85. The van der Waals surface area contributed by atoms with Gasteiger partial charge in [-0.3, -0.25) is 4.90 Å². The standard InChI is InChI=1S/C25H33N5O4S/c1-19(24-26-23-8-6-5-7-22(23)25(27-24)34-18-17-28(2)3)29-13-15-30(16-14-29)35(31,32)21-11-9-20(33-4)10-12-21/h5-12,19H,13-18H2,1-4H3. The average Bonchev–Trinajstić information content (AvgIpc) is 2.88. The maximum Gasteiger partial charge on any atom is 0.243 e. The van der Waals surface area contributed by atoms with Gasteiger partial charge in [0.25, 0.3) is 0 Å². The zero-order valence-electron chi connectivity index (χ0n) is 20.7. The van der Waals surface area contributed by atoms with Crippen LogP contribution in [-0.2, 0) is 10.0 Å². The highest BCUT2D eigenvalue weighted by molar-refractivity contribution is 7.89. The van der Waals surface area contributed by atoms with E-state index in [0.29, 0.717) is 50.2 Å². The van der Waals surface area contributed by atoms with Crippen molar-refractivity contribution in [3.05, 3.63) is 54.4 Å². The average molecular weight is 500 g/mol. The number of benzene rings is 2. The van der Waals surface area contributed by atoms with Crippen molar-refractivity contribution in [1.29, 1.82) is 0 Å². The molecule has 0 saturated carbocycles. The molecule has 188 valence electrons. The topological polar surface area (TPSA) is 88.1 Å². The Balaban J connectivity index is 1.47. The summed E-state index contributed by atoms with van der Waals surface area (Å²) in [7, 11) is 2.01. The van der Waals surface area contributed by atoms with Crippen molar-refractivity contribution in [2.24, 2.45) is 0 Å². The molecule has 35 heavy (non-hydrogen) atoms. The molecule has 1 unspecified atom stereocenters. The molecule has 9 nitrogen and oxygen atoms in total. The molecular weight excluding hydrogens is 466 g/mol. The fourth-order valence-corrected chi connectivity index (χ4v) is 5.50. The normalized spacial score (nSPS) is 16.5. The van der Waals surface area contributed by atoms with Crippen LogP contribution in [0.2, 0.25) is 0 Å². The summed E-state index contributed by atoms with van der Waals surface area (Å²) in [5.74, 6) is 1.89.